The Morgan fingerprint density at radius 1 is 1.45 bits per heavy atom. The largest absolute Gasteiger partial charge is 0.396 e. The van der Waals surface area contributed by atoms with Gasteiger partial charge in [-0.1, -0.05) is 12.8 Å². The molecular weight excluding hydrogens is 279 g/mol. The van der Waals surface area contributed by atoms with Crippen LogP contribution in [0.15, 0.2) is 11.0 Å². The Kier molecular flexibility index (Phi) is 4.07. The highest BCUT2D eigenvalue weighted by Gasteiger charge is 2.28. The summed E-state index contributed by atoms with van der Waals surface area (Å²) in [6.07, 6.45) is 3.19. The van der Waals surface area contributed by atoms with Crippen molar-refractivity contribution in [3.05, 3.63) is 23.0 Å². The second-order valence-electron chi connectivity index (χ2n) is 5.74. The summed E-state index contributed by atoms with van der Waals surface area (Å²) in [5.74, 6) is 0.0539. The van der Waals surface area contributed by atoms with Crippen LogP contribution in [0.2, 0.25) is 0 Å². The van der Waals surface area contributed by atoms with E-state index in [9.17, 15) is 12.8 Å². The Hall–Kier alpha value is -1.14. The third-order valence-electron chi connectivity index (χ3n) is 3.71. The Morgan fingerprint density at radius 3 is 2.60 bits per heavy atom. The van der Waals surface area contributed by atoms with Crippen LogP contribution in [-0.4, -0.2) is 14.5 Å². The standard InChI is InChI=1S/C14H21FN2O2S/c1-8-6-12(15)13(16)10(3)14(8)20(18,19)17-9(2)7-11-4-5-11/h6,9,11,17H,4-5,7,16H2,1-3H3. The summed E-state index contributed by atoms with van der Waals surface area (Å²) >= 11 is 0. The van der Waals surface area contributed by atoms with Crippen molar-refractivity contribution in [3.63, 3.8) is 0 Å². The Morgan fingerprint density at radius 2 is 2.05 bits per heavy atom. The molecule has 0 radical (unpaired) electrons. The van der Waals surface area contributed by atoms with Crippen molar-refractivity contribution >= 4 is 15.7 Å². The van der Waals surface area contributed by atoms with Crippen molar-refractivity contribution in [2.75, 3.05) is 5.73 Å². The fourth-order valence-electron chi connectivity index (χ4n) is 2.57. The van der Waals surface area contributed by atoms with Crippen LogP contribution in [0, 0.1) is 25.6 Å². The highest BCUT2D eigenvalue weighted by Crippen LogP contribution is 2.34. The summed E-state index contributed by atoms with van der Waals surface area (Å²) in [5, 5.41) is 0. The second-order valence-corrected chi connectivity index (χ2v) is 7.40. The van der Waals surface area contributed by atoms with Gasteiger partial charge in [-0.3, -0.25) is 0 Å². The van der Waals surface area contributed by atoms with Crippen LogP contribution < -0.4 is 10.5 Å². The van der Waals surface area contributed by atoms with Crippen LogP contribution in [0.1, 0.15) is 37.3 Å². The Labute approximate surface area is 119 Å². The lowest BCUT2D eigenvalue weighted by Gasteiger charge is -2.18. The van der Waals surface area contributed by atoms with Crippen molar-refractivity contribution in [2.24, 2.45) is 5.92 Å². The van der Waals surface area contributed by atoms with Crippen LogP contribution in [0.4, 0.5) is 10.1 Å². The molecule has 1 aliphatic carbocycles. The number of rotatable bonds is 5. The molecule has 6 heteroatoms. The van der Waals surface area contributed by atoms with Crippen molar-refractivity contribution in [2.45, 2.75) is 51.0 Å². The first kappa shape index (κ1) is 15.3. The Balaban J connectivity index is 2.31. The molecule has 0 heterocycles. The van der Waals surface area contributed by atoms with Gasteiger partial charge < -0.3 is 5.73 Å². The summed E-state index contributed by atoms with van der Waals surface area (Å²) in [6.45, 7) is 4.97. The first-order chi connectivity index (χ1) is 9.22. The quantitative estimate of drug-likeness (QED) is 0.821. The predicted molar refractivity (Wildman–Crippen MR) is 77.4 cm³/mol. The molecule has 1 aliphatic rings. The SMILES string of the molecule is Cc1cc(F)c(N)c(C)c1S(=O)(=O)NC(C)CC1CC1. The van der Waals surface area contributed by atoms with E-state index in [1.807, 2.05) is 6.92 Å². The minimum atomic E-state index is -3.67. The zero-order valence-corrected chi connectivity index (χ0v) is 12.8. The number of sulfonamides is 1. The highest BCUT2D eigenvalue weighted by atomic mass is 32.2. The number of aryl methyl sites for hydroxylation is 1. The van der Waals surface area contributed by atoms with E-state index in [-0.39, 0.29) is 22.2 Å². The molecule has 2 rings (SSSR count). The molecule has 1 aromatic carbocycles. The van der Waals surface area contributed by atoms with Gasteiger partial charge >= 0.3 is 0 Å². The van der Waals surface area contributed by atoms with E-state index in [2.05, 4.69) is 4.72 Å². The van der Waals surface area contributed by atoms with Gasteiger partial charge in [-0.2, -0.15) is 0 Å². The van der Waals surface area contributed by atoms with E-state index >= 15 is 0 Å². The number of benzene rings is 1. The van der Waals surface area contributed by atoms with E-state index in [0.29, 0.717) is 11.5 Å². The number of anilines is 1. The van der Waals surface area contributed by atoms with Gasteiger partial charge in [0, 0.05) is 6.04 Å². The number of nitrogens with two attached hydrogens (primary N) is 1. The molecule has 112 valence electrons. The minimum absolute atomic E-state index is 0.0963. The smallest absolute Gasteiger partial charge is 0.241 e. The van der Waals surface area contributed by atoms with Gasteiger partial charge in [-0.15, -0.1) is 0 Å². The van der Waals surface area contributed by atoms with Crippen LogP contribution >= 0.6 is 0 Å². The van der Waals surface area contributed by atoms with E-state index < -0.39 is 15.8 Å². The van der Waals surface area contributed by atoms with E-state index in [0.717, 1.165) is 6.42 Å². The molecular formula is C14H21FN2O2S. The summed E-state index contributed by atoms with van der Waals surface area (Å²) in [6, 6.07) is 1.04. The molecule has 1 fully saturated rings. The molecule has 0 bridgehead atoms. The van der Waals surface area contributed by atoms with Crippen molar-refractivity contribution < 1.29 is 12.8 Å². The summed E-state index contributed by atoms with van der Waals surface area (Å²) < 4.78 is 41.1. The normalized spacial score (nSPS) is 17.2. The second kappa shape index (κ2) is 5.33. The molecule has 0 spiro atoms. The number of halogens is 1. The van der Waals surface area contributed by atoms with Crippen molar-refractivity contribution in [1.82, 2.24) is 4.72 Å². The van der Waals surface area contributed by atoms with Gasteiger partial charge in [0.15, 0.2) is 0 Å². The summed E-state index contributed by atoms with van der Waals surface area (Å²) in [7, 11) is -3.67. The topological polar surface area (TPSA) is 72.2 Å². The number of nitrogens with one attached hydrogen (secondary N) is 1. The zero-order chi connectivity index (χ0) is 15.1. The maximum Gasteiger partial charge on any atom is 0.241 e. The first-order valence-corrected chi connectivity index (χ1v) is 8.28. The molecule has 0 aliphatic heterocycles. The van der Waals surface area contributed by atoms with Gasteiger partial charge in [0.2, 0.25) is 10.0 Å². The lowest BCUT2D eigenvalue weighted by atomic mass is 10.1. The van der Waals surface area contributed by atoms with Crippen LogP contribution in [0.3, 0.4) is 0 Å². The maximum absolute atomic E-state index is 13.5. The molecule has 1 aromatic rings. The highest BCUT2D eigenvalue weighted by molar-refractivity contribution is 7.89. The van der Waals surface area contributed by atoms with Crippen LogP contribution in [-0.2, 0) is 10.0 Å². The number of nitrogen functional groups attached to an aromatic ring is 1. The average Bonchev–Trinajstić information content (AvgIpc) is 3.08. The maximum atomic E-state index is 13.5. The summed E-state index contributed by atoms with van der Waals surface area (Å²) in [5.41, 5.74) is 6.14. The van der Waals surface area contributed by atoms with E-state index in [1.165, 1.54) is 25.8 Å². The van der Waals surface area contributed by atoms with Gasteiger partial charge in [-0.05, 0) is 50.3 Å². The van der Waals surface area contributed by atoms with Crippen LogP contribution in [0.5, 0.6) is 0 Å². The van der Waals surface area contributed by atoms with Gasteiger partial charge in [-0.25, -0.2) is 17.5 Å². The van der Waals surface area contributed by atoms with E-state index in [4.69, 9.17) is 5.73 Å². The third-order valence-corrected chi connectivity index (χ3v) is 5.59. The zero-order valence-electron chi connectivity index (χ0n) is 12.0. The lowest BCUT2D eigenvalue weighted by molar-refractivity contribution is 0.529. The van der Waals surface area contributed by atoms with Crippen LogP contribution in [0.25, 0.3) is 0 Å². The van der Waals surface area contributed by atoms with Gasteiger partial charge in [0.25, 0.3) is 0 Å². The van der Waals surface area contributed by atoms with Gasteiger partial charge in [0.05, 0.1) is 10.6 Å². The first-order valence-electron chi connectivity index (χ1n) is 6.80. The molecule has 20 heavy (non-hydrogen) atoms. The molecule has 1 atom stereocenters. The minimum Gasteiger partial charge on any atom is -0.396 e. The summed E-state index contributed by atoms with van der Waals surface area (Å²) in [4.78, 5) is 0.0963. The molecule has 4 nitrogen and oxygen atoms in total. The van der Waals surface area contributed by atoms with E-state index in [1.54, 1.807) is 6.92 Å². The molecule has 0 amide bonds. The molecule has 0 aromatic heterocycles. The number of hydrogen-bond donors (Lipinski definition) is 2. The fraction of sp³-hybridized carbons (Fsp3) is 0.571. The van der Waals surface area contributed by atoms with Crippen molar-refractivity contribution in [3.8, 4) is 0 Å². The molecule has 3 N–H and O–H groups in total. The lowest BCUT2D eigenvalue weighted by Crippen LogP contribution is -2.34. The fourth-order valence-corrected chi connectivity index (χ4v) is 4.31. The van der Waals surface area contributed by atoms with Gasteiger partial charge in [0.1, 0.15) is 5.82 Å². The molecule has 1 saturated carbocycles. The average molecular weight is 300 g/mol. The third kappa shape index (κ3) is 3.12. The Bertz CT molecular complexity index is 625. The number of hydrogen-bond acceptors (Lipinski definition) is 3. The monoisotopic (exact) mass is 300 g/mol. The molecule has 1 unspecified atom stereocenters. The van der Waals surface area contributed by atoms with Crippen molar-refractivity contribution in [1.29, 1.82) is 0 Å². The predicted octanol–water partition coefficient (Wildman–Crippen LogP) is 2.49. The molecule has 0 saturated heterocycles.